The number of nitrogens with two attached hydrogens (primary N) is 1. The van der Waals surface area contributed by atoms with E-state index in [1.54, 1.807) is 18.2 Å². The highest BCUT2D eigenvalue weighted by molar-refractivity contribution is 5.40. The minimum absolute atomic E-state index is 0.0868. The molecule has 0 spiro atoms. The van der Waals surface area contributed by atoms with Crippen LogP contribution >= 0.6 is 0 Å². The third-order valence-corrected chi connectivity index (χ3v) is 3.02. The molecule has 2 aromatic rings. The highest BCUT2D eigenvalue weighted by Gasteiger charge is 2.15. The molecule has 0 unspecified atom stereocenters. The standard InChI is InChI=1S/C15H15FN2O3/c1-10(17)11-3-2-4-14(8-11)21-9-12-7-13(16)5-6-15(12)18(19)20/h2-8,10H,9,17H2,1H3/t10-/m0/s1. The van der Waals surface area contributed by atoms with Gasteiger partial charge in [0, 0.05) is 12.1 Å². The Labute approximate surface area is 121 Å². The fourth-order valence-electron chi connectivity index (χ4n) is 1.90. The van der Waals surface area contributed by atoms with Gasteiger partial charge in [0.1, 0.15) is 18.2 Å². The van der Waals surface area contributed by atoms with Crippen LogP contribution < -0.4 is 10.5 Å². The van der Waals surface area contributed by atoms with E-state index in [0.29, 0.717) is 5.75 Å². The second-order valence-electron chi connectivity index (χ2n) is 4.68. The van der Waals surface area contributed by atoms with Gasteiger partial charge in [-0.25, -0.2) is 4.39 Å². The van der Waals surface area contributed by atoms with E-state index in [1.807, 2.05) is 13.0 Å². The molecule has 0 aliphatic carbocycles. The van der Waals surface area contributed by atoms with E-state index in [-0.39, 0.29) is 23.9 Å². The first kappa shape index (κ1) is 14.9. The van der Waals surface area contributed by atoms with Crippen LogP contribution in [0, 0.1) is 15.9 Å². The number of nitro benzene ring substituents is 1. The van der Waals surface area contributed by atoms with E-state index in [9.17, 15) is 14.5 Å². The number of hydrogen-bond donors (Lipinski definition) is 1. The molecule has 6 heteroatoms. The zero-order valence-electron chi connectivity index (χ0n) is 11.5. The molecule has 0 aromatic heterocycles. The molecular formula is C15H15FN2O3. The van der Waals surface area contributed by atoms with Crippen LogP contribution in [0.3, 0.4) is 0 Å². The Hall–Kier alpha value is -2.47. The van der Waals surface area contributed by atoms with Crippen LogP contribution in [0.2, 0.25) is 0 Å². The predicted octanol–water partition coefficient (Wildman–Crippen LogP) is 3.33. The van der Waals surface area contributed by atoms with Crippen LogP contribution in [-0.4, -0.2) is 4.92 Å². The fraction of sp³-hybridized carbons (Fsp3) is 0.200. The molecule has 21 heavy (non-hydrogen) atoms. The number of nitrogens with zero attached hydrogens (tertiary/aromatic N) is 1. The Balaban J connectivity index is 2.18. The van der Waals surface area contributed by atoms with Crippen LogP contribution in [-0.2, 0) is 6.61 Å². The van der Waals surface area contributed by atoms with Crippen molar-refractivity contribution in [1.82, 2.24) is 0 Å². The minimum Gasteiger partial charge on any atom is -0.489 e. The lowest BCUT2D eigenvalue weighted by molar-refractivity contribution is -0.385. The van der Waals surface area contributed by atoms with E-state index >= 15 is 0 Å². The van der Waals surface area contributed by atoms with Crippen molar-refractivity contribution in [3.05, 3.63) is 69.5 Å². The highest BCUT2D eigenvalue weighted by atomic mass is 19.1. The smallest absolute Gasteiger partial charge is 0.276 e. The number of rotatable bonds is 5. The molecule has 0 saturated carbocycles. The zero-order chi connectivity index (χ0) is 15.4. The molecule has 5 nitrogen and oxygen atoms in total. The van der Waals surface area contributed by atoms with Crippen molar-refractivity contribution in [2.45, 2.75) is 19.6 Å². The van der Waals surface area contributed by atoms with Crippen molar-refractivity contribution in [3.8, 4) is 5.75 Å². The summed E-state index contributed by atoms with van der Waals surface area (Å²) >= 11 is 0. The fourth-order valence-corrected chi connectivity index (χ4v) is 1.90. The van der Waals surface area contributed by atoms with E-state index in [4.69, 9.17) is 10.5 Å². The summed E-state index contributed by atoms with van der Waals surface area (Å²) in [7, 11) is 0. The van der Waals surface area contributed by atoms with Gasteiger partial charge in [0.05, 0.1) is 10.5 Å². The summed E-state index contributed by atoms with van der Waals surface area (Å²) < 4.78 is 18.7. The third-order valence-electron chi connectivity index (χ3n) is 3.02. The van der Waals surface area contributed by atoms with E-state index < -0.39 is 10.7 Å². The number of nitro groups is 1. The summed E-state index contributed by atoms with van der Waals surface area (Å²) in [5, 5.41) is 10.9. The molecule has 0 aliphatic rings. The average molecular weight is 290 g/mol. The third kappa shape index (κ3) is 3.76. The molecule has 2 rings (SSSR count). The topological polar surface area (TPSA) is 78.4 Å². The van der Waals surface area contributed by atoms with Gasteiger partial charge >= 0.3 is 0 Å². The van der Waals surface area contributed by atoms with Crippen LogP contribution in [0.4, 0.5) is 10.1 Å². The Morgan fingerprint density at radius 3 is 2.76 bits per heavy atom. The van der Waals surface area contributed by atoms with Crippen molar-refractivity contribution >= 4 is 5.69 Å². The van der Waals surface area contributed by atoms with Gasteiger partial charge in [-0.3, -0.25) is 10.1 Å². The molecule has 0 heterocycles. The van der Waals surface area contributed by atoms with Crippen molar-refractivity contribution < 1.29 is 14.1 Å². The molecule has 0 fully saturated rings. The van der Waals surface area contributed by atoms with Gasteiger partial charge in [-0.1, -0.05) is 12.1 Å². The van der Waals surface area contributed by atoms with Crippen LogP contribution in [0.15, 0.2) is 42.5 Å². The first-order valence-electron chi connectivity index (χ1n) is 6.38. The maximum Gasteiger partial charge on any atom is 0.276 e. The molecule has 2 N–H and O–H groups in total. The lowest BCUT2D eigenvalue weighted by Gasteiger charge is -2.10. The van der Waals surface area contributed by atoms with Gasteiger partial charge in [-0.15, -0.1) is 0 Å². The molecule has 0 radical (unpaired) electrons. The summed E-state index contributed by atoms with van der Waals surface area (Å²) in [6.45, 7) is 1.76. The Morgan fingerprint density at radius 2 is 2.10 bits per heavy atom. The second-order valence-corrected chi connectivity index (χ2v) is 4.68. The van der Waals surface area contributed by atoms with Gasteiger partial charge in [0.25, 0.3) is 5.69 Å². The molecule has 0 bridgehead atoms. The number of ether oxygens (including phenoxy) is 1. The molecule has 0 amide bonds. The van der Waals surface area contributed by atoms with Crippen molar-refractivity contribution in [1.29, 1.82) is 0 Å². The normalized spacial score (nSPS) is 12.0. The maximum atomic E-state index is 13.2. The number of halogens is 1. The van der Waals surface area contributed by atoms with Crippen molar-refractivity contribution in [2.75, 3.05) is 0 Å². The minimum atomic E-state index is -0.559. The van der Waals surface area contributed by atoms with Gasteiger partial charge in [0.15, 0.2) is 0 Å². The Kier molecular flexibility index (Phi) is 4.49. The van der Waals surface area contributed by atoms with Crippen LogP contribution in [0.1, 0.15) is 24.1 Å². The summed E-state index contributed by atoms with van der Waals surface area (Å²) in [4.78, 5) is 10.3. The van der Waals surface area contributed by atoms with Crippen LogP contribution in [0.5, 0.6) is 5.75 Å². The second kappa shape index (κ2) is 6.32. The van der Waals surface area contributed by atoms with Crippen molar-refractivity contribution in [2.24, 2.45) is 5.73 Å². The lowest BCUT2D eigenvalue weighted by atomic mass is 10.1. The van der Waals surface area contributed by atoms with Gasteiger partial charge in [-0.05, 0) is 36.8 Å². The monoisotopic (exact) mass is 290 g/mol. The molecule has 2 aromatic carbocycles. The Bertz CT molecular complexity index is 659. The zero-order valence-corrected chi connectivity index (χ0v) is 11.5. The quantitative estimate of drug-likeness (QED) is 0.676. The molecule has 110 valence electrons. The first-order chi connectivity index (χ1) is 9.97. The summed E-state index contributed by atoms with van der Waals surface area (Å²) in [5.74, 6) is -0.00751. The molecule has 0 saturated heterocycles. The summed E-state index contributed by atoms with van der Waals surface area (Å²) in [6.07, 6.45) is 0. The maximum absolute atomic E-state index is 13.2. The van der Waals surface area contributed by atoms with E-state index in [1.165, 1.54) is 0 Å². The van der Waals surface area contributed by atoms with Gasteiger partial charge in [0.2, 0.25) is 0 Å². The SMILES string of the molecule is C[C@H](N)c1cccc(OCc2cc(F)ccc2[N+](=O)[O-])c1. The van der Waals surface area contributed by atoms with E-state index in [2.05, 4.69) is 0 Å². The van der Waals surface area contributed by atoms with Crippen LogP contribution in [0.25, 0.3) is 0 Å². The summed E-state index contributed by atoms with van der Waals surface area (Å²) in [5.41, 5.74) is 6.69. The molecular weight excluding hydrogens is 275 g/mol. The largest absolute Gasteiger partial charge is 0.489 e. The highest BCUT2D eigenvalue weighted by Crippen LogP contribution is 2.23. The van der Waals surface area contributed by atoms with Gasteiger partial charge < -0.3 is 10.5 Å². The average Bonchev–Trinajstić information content (AvgIpc) is 2.45. The van der Waals surface area contributed by atoms with Gasteiger partial charge in [-0.2, -0.15) is 0 Å². The summed E-state index contributed by atoms with van der Waals surface area (Å²) in [6, 6.07) is 10.3. The van der Waals surface area contributed by atoms with Crippen molar-refractivity contribution in [3.63, 3.8) is 0 Å². The first-order valence-corrected chi connectivity index (χ1v) is 6.38. The number of benzene rings is 2. The van der Waals surface area contributed by atoms with E-state index in [0.717, 1.165) is 23.8 Å². The molecule has 1 atom stereocenters. The number of hydrogen-bond acceptors (Lipinski definition) is 4. The Morgan fingerprint density at radius 1 is 1.33 bits per heavy atom. The lowest BCUT2D eigenvalue weighted by Crippen LogP contribution is -2.05. The predicted molar refractivity (Wildman–Crippen MR) is 76.4 cm³/mol. The molecule has 0 aliphatic heterocycles.